The predicted octanol–water partition coefficient (Wildman–Crippen LogP) is 1.23. The van der Waals surface area contributed by atoms with Gasteiger partial charge < -0.3 is 5.32 Å². The van der Waals surface area contributed by atoms with Crippen molar-refractivity contribution < 1.29 is 4.79 Å². The first kappa shape index (κ1) is 8.52. The minimum Gasteiger partial charge on any atom is -0.305 e. The molecule has 1 rings (SSSR count). The monoisotopic (exact) mass is 165 g/mol. The second kappa shape index (κ2) is 3.21. The molecule has 0 unspecified atom stereocenters. The van der Waals surface area contributed by atoms with Gasteiger partial charge in [-0.1, -0.05) is 6.58 Å². The Kier molecular flexibility index (Phi) is 2.28. The largest absolute Gasteiger partial charge is 0.305 e. The second-order valence-corrected chi connectivity index (χ2v) is 2.67. The molecular weight excluding hydrogens is 154 g/mol. The van der Waals surface area contributed by atoms with Gasteiger partial charge in [0.2, 0.25) is 0 Å². The van der Waals surface area contributed by atoms with Crippen molar-refractivity contribution in [2.24, 2.45) is 0 Å². The van der Waals surface area contributed by atoms with Crippen molar-refractivity contribution in [1.82, 2.24) is 10.2 Å². The van der Waals surface area contributed by atoms with E-state index in [1.165, 1.54) is 0 Å². The number of rotatable bonds is 2. The molecule has 0 radical (unpaired) electrons. The highest BCUT2D eigenvalue weighted by atomic mass is 16.1. The van der Waals surface area contributed by atoms with Gasteiger partial charge in [0, 0.05) is 17.3 Å². The molecule has 0 aliphatic carbocycles. The highest BCUT2D eigenvalue weighted by Gasteiger charge is 2.03. The summed E-state index contributed by atoms with van der Waals surface area (Å²) >= 11 is 0. The average molecular weight is 165 g/mol. The molecule has 0 atom stereocenters. The zero-order valence-corrected chi connectivity index (χ0v) is 7.14. The molecule has 12 heavy (non-hydrogen) atoms. The van der Waals surface area contributed by atoms with Crippen molar-refractivity contribution in [2.75, 3.05) is 5.32 Å². The Morgan fingerprint density at radius 1 is 1.75 bits per heavy atom. The van der Waals surface area contributed by atoms with E-state index in [-0.39, 0.29) is 5.91 Å². The maximum absolute atomic E-state index is 11.1. The molecule has 0 saturated heterocycles. The summed E-state index contributed by atoms with van der Waals surface area (Å²) in [7, 11) is 0. The fraction of sp³-hybridized carbons (Fsp3) is 0.250. The van der Waals surface area contributed by atoms with E-state index in [0.29, 0.717) is 11.4 Å². The summed E-state index contributed by atoms with van der Waals surface area (Å²) in [5, 5.41) is 9.14. The number of carbonyl (C=O) groups is 1. The lowest BCUT2D eigenvalue weighted by molar-refractivity contribution is -0.112. The van der Waals surface area contributed by atoms with Crippen LogP contribution < -0.4 is 5.32 Å². The van der Waals surface area contributed by atoms with E-state index in [1.807, 2.05) is 6.92 Å². The van der Waals surface area contributed by atoms with Crippen LogP contribution in [0.1, 0.15) is 12.6 Å². The SMILES string of the molecule is C=C(C)C(=O)Nc1cc(C)[nH]n1. The van der Waals surface area contributed by atoms with E-state index in [9.17, 15) is 4.79 Å². The molecule has 0 spiro atoms. The topological polar surface area (TPSA) is 57.8 Å². The third-order valence-corrected chi connectivity index (χ3v) is 1.34. The van der Waals surface area contributed by atoms with Gasteiger partial charge in [0.15, 0.2) is 5.82 Å². The van der Waals surface area contributed by atoms with Crippen LogP contribution in [0.4, 0.5) is 5.82 Å². The molecule has 4 nitrogen and oxygen atoms in total. The number of nitrogens with one attached hydrogen (secondary N) is 2. The molecule has 1 amide bonds. The number of aromatic nitrogens is 2. The lowest BCUT2D eigenvalue weighted by Gasteiger charge is -1.98. The van der Waals surface area contributed by atoms with E-state index >= 15 is 0 Å². The van der Waals surface area contributed by atoms with Crippen LogP contribution in [0.3, 0.4) is 0 Å². The van der Waals surface area contributed by atoms with Gasteiger partial charge in [-0.2, -0.15) is 5.10 Å². The summed E-state index contributed by atoms with van der Waals surface area (Å²) in [6, 6.07) is 1.75. The molecule has 0 bridgehead atoms. The summed E-state index contributed by atoms with van der Waals surface area (Å²) in [5.41, 5.74) is 1.38. The Balaban J connectivity index is 2.64. The fourth-order valence-corrected chi connectivity index (χ4v) is 0.705. The van der Waals surface area contributed by atoms with Crippen LogP contribution in [0.2, 0.25) is 0 Å². The Bertz CT molecular complexity index is 314. The molecule has 0 saturated carbocycles. The first-order valence-electron chi connectivity index (χ1n) is 3.58. The van der Waals surface area contributed by atoms with Gasteiger partial charge in [-0.25, -0.2) is 0 Å². The van der Waals surface area contributed by atoms with Gasteiger partial charge in [0.25, 0.3) is 5.91 Å². The Hall–Kier alpha value is -1.58. The Morgan fingerprint density at radius 2 is 2.42 bits per heavy atom. The summed E-state index contributed by atoms with van der Waals surface area (Å²) in [6.45, 7) is 7.02. The van der Waals surface area contributed by atoms with Crippen molar-refractivity contribution >= 4 is 11.7 Å². The highest BCUT2D eigenvalue weighted by molar-refractivity contribution is 6.02. The lowest BCUT2D eigenvalue weighted by atomic mass is 10.3. The van der Waals surface area contributed by atoms with Crippen LogP contribution in [0.5, 0.6) is 0 Å². The summed E-state index contributed by atoms with van der Waals surface area (Å²) < 4.78 is 0. The van der Waals surface area contributed by atoms with E-state index in [4.69, 9.17) is 0 Å². The van der Waals surface area contributed by atoms with Gasteiger partial charge >= 0.3 is 0 Å². The molecule has 64 valence electrons. The van der Waals surface area contributed by atoms with Gasteiger partial charge in [-0.15, -0.1) is 0 Å². The molecule has 1 aromatic heterocycles. The van der Waals surface area contributed by atoms with Crippen LogP contribution in [-0.2, 0) is 4.79 Å². The zero-order chi connectivity index (χ0) is 9.14. The van der Waals surface area contributed by atoms with E-state index < -0.39 is 0 Å². The number of H-pyrrole nitrogens is 1. The summed E-state index contributed by atoms with van der Waals surface area (Å²) in [5.74, 6) is 0.321. The van der Waals surface area contributed by atoms with Crippen molar-refractivity contribution in [1.29, 1.82) is 0 Å². The molecule has 2 N–H and O–H groups in total. The zero-order valence-electron chi connectivity index (χ0n) is 7.14. The van der Waals surface area contributed by atoms with Gasteiger partial charge in [-0.05, 0) is 13.8 Å². The number of amides is 1. The van der Waals surface area contributed by atoms with E-state index in [1.54, 1.807) is 13.0 Å². The summed E-state index contributed by atoms with van der Waals surface area (Å²) in [6.07, 6.45) is 0. The number of aromatic amines is 1. The number of anilines is 1. The molecule has 1 aromatic rings. The van der Waals surface area contributed by atoms with Crippen molar-refractivity contribution in [3.63, 3.8) is 0 Å². The molecule has 0 aliphatic rings. The molecule has 4 heteroatoms. The van der Waals surface area contributed by atoms with E-state index in [2.05, 4.69) is 22.1 Å². The summed E-state index contributed by atoms with van der Waals surface area (Å²) in [4.78, 5) is 11.1. The lowest BCUT2D eigenvalue weighted by Crippen LogP contribution is -2.11. The average Bonchev–Trinajstić information content (AvgIpc) is 2.35. The molecule has 0 aromatic carbocycles. The number of hydrogen-bond donors (Lipinski definition) is 2. The van der Waals surface area contributed by atoms with Crippen molar-refractivity contribution in [3.8, 4) is 0 Å². The van der Waals surface area contributed by atoms with Crippen LogP contribution in [0.25, 0.3) is 0 Å². The van der Waals surface area contributed by atoms with Gasteiger partial charge in [0.1, 0.15) is 0 Å². The Labute approximate surface area is 70.7 Å². The molecule has 1 heterocycles. The number of nitrogens with zero attached hydrogens (tertiary/aromatic N) is 1. The van der Waals surface area contributed by atoms with Crippen LogP contribution in [0.15, 0.2) is 18.2 Å². The third-order valence-electron chi connectivity index (χ3n) is 1.34. The number of aryl methyl sites for hydroxylation is 1. The van der Waals surface area contributed by atoms with Crippen LogP contribution in [-0.4, -0.2) is 16.1 Å². The maximum Gasteiger partial charge on any atom is 0.251 e. The second-order valence-electron chi connectivity index (χ2n) is 2.67. The van der Waals surface area contributed by atoms with Gasteiger partial charge in [0.05, 0.1) is 0 Å². The first-order chi connectivity index (χ1) is 5.59. The maximum atomic E-state index is 11.1. The first-order valence-corrected chi connectivity index (χ1v) is 3.58. The molecule has 0 aliphatic heterocycles. The normalized spacial score (nSPS) is 9.50. The molecular formula is C8H11N3O. The number of carbonyl (C=O) groups excluding carboxylic acids is 1. The van der Waals surface area contributed by atoms with E-state index in [0.717, 1.165) is 5.69 Å². The van der Waals surface area contributed by atoms with Crippen LogP contribution in [0, 0.1) is 6.92 Å². The molecule has 0 fully saturated rings. The minimum atomic E-state index is -0.207. The third kappa shape index (κ3) is 1.95. The fourth-order valence-electron chi connectivity index (χ4n) is 0.705. The van der Waals surface area contributed by atoms with Crippen molar-refractivity contribution in [2.45, 2.75) is 13.8 Å². The predicted molar refractivity (Wildman–Crippen MR) is 46.8 cm³/mol. The highest BCUT2D eigenvalue weighted by Crippen LogP contribution is 2.04. The minimum absolute atomic E-state index is 0.207. The van der Waals surface area contributed by atoms with Crippen LogP contribution >= 0.6 is 0 Å². The van der Waals surface area contributed by atoms with Gasteiger partial charge in [-0.3, -0.25) is 9.89 Å². The Morgan fingerprint density at radius 3 is 2.83 bits per heavy atom. The quantitative estimate of drug-likeness (QED) is 0.647. The standard InChI is InChI=1S/C8H11N3O/c1-5(2)8(12)9-7-4-6(3)10-11-7/h4H,1H2,2-3H3,(H2,9,10,11,12). The van der Waals surface area contributed by atoms with Crippen molar-refractivity contribution in [3.05, 3.63) is 23.9 Å². The smallest absolute Gasteiger partial charge is 0.251 e. The number of hydrogen-bond acceptors (Lipinski definition) is 2.